The van der Waals surface area contributed by atoms with Gasteiger partial charge in [0, 0.05) is 57.5 Å². The number of amides is 2. The maximum absolute atomic E-state index is 13.8. The number of hydrogen-bond acceptors (Lipinski definition) is 4. The van der Waals surface area contributed by atoms with Crippen LogP contribution in [0, 0.1) is 5.92 Å². The molecule has 1 unspecified atom stereocenters. The first-order chi connectivity index (χ1) is 15.6. The summed E-state index contributed by atoms with van der Waals surface area (Å²) in [6, 6.07) is 5.39. The topological polar surface area (TPSA) is 81.3 Å². The predicted molar refractivity (Wildman–Crippen MR) is 129 cm³/mol. The summed E-state index contributed by atoms with van der Waals surface area (Å²) in [6.45, 7) is 9.20. The molecule has 1 aromatic carbocycles. The third-order valence-corrected chi connectivity index (χ3v) is 8.10. The summed E-state index contributed by atoms with van der Waals surface area (Å²) < 4.78 is 0. The summed E-state index contributed by atoms with van der Waals surface area (Å²) in [6.07, 6.45) is 2.92. The second-order valence-corrected chi connectivity index (χ2v) is 11.0. The molecule has 2 aromatic rings. The van der Waals surface area contributed by atoms with Gasteiger partial charge in [-0.2, -0.15) is 5.10 Å². The van der Waals surface area contributed by atoms with Gasteiger partial charge in [-0.15, -0.1) is 0 Å². The minimum Gasteiger partial charge on any atom is -0.337 e. The van der Waals surface area contributed by atoms with E-state index in [9.17, 15) is 9.59 Å². The quantitative estimate of drug-likeness (QED) is 0.679. The van der Waals surface area contributed by atoms with E-state index in [1.54, 1.807) is 18.2 Å². The molecule has 7 nitrogen and oxygen atoms in total. The van der Waals surface area contributed by atoms with Crippen molar-refractivity contribution in [3.05, 3.63) is 45.1 Å². The molecule has 0 saturated carbocycles. The molecule has 0 spiro atoms. The Hall–Kier alpha value is -2.09. The third kappa shape index (κ3) is 3.94. The van der Waals surface area contributed by atoms with Gasteiger partial charge in [0.15, 0.2) is 5.82 Å². The van der Waals surface area contributed by atoms with Crippen LogP contribution in [0.1, 0.15) is 55.2 Å². The van der Waals surface area contributed by atoms with Gasteiger partial charge in [0.1, 0.15) is 0 Å². The molecule has 2 fully saturated rings. The zero-order chi connectivity index (χ0) is 23.5. The monoisotopic (exact) mass is 489 g/mol. The smallest absolute Gasteiger partial charge is 0.256 e. The number of halogens is 2. The van der Waals surface area contributed by atoms with Gasteiger partial charge in [-0.3, -0.25) is 19.6 Å². The zero-order valence-electron chi connectivity index (χ0n) is 19.1. The molecule has 176 valence electrons. The fourth-order valence-corrected chi connectivity index (χ4v) is 6.32. The van der Waals surface area contributed by atoms with Crippen molar-refractivity contribution in [2.45, 2.75) is 57.5 Å². The van der Waals surface area contributed by atoms with Gasteiger partial charge >= 0.3 is 0 Å². The van der Waals surface area contributed by atoms with Crippen LogP contribution in [0.25, 0.3) is 0 Å². The normalized spacial score (nSPS) is 26.2. The van der Waals surface area contributed by atoms with Crippen molar-refractivity contribution in [2.24, 2.45) is 5.92 Å². The Morgan fingerprint density at radius 1 is 1.18 bits per heavy atom. The number of nitrogens with zero attached hydrogens (tertiary/aromatic N) is 3. The van der Waals surface area contributed by atoms with E-state index in [2.05, 4.69) is 46.1 Å². The number of piperazine rings is 1. The van der Waals surface area contributed by atoms with E-state index < -0.39 is 5.41 Å². The molecule has 2 aliphatic heterocycles. The van der Waals surface area contributed by atoms with Crippen LogP contribution in [0.5, 0.6) is 0 Å². The third-order valence-electron chi connectivity index (χ3n) is 7.67. The summed E-state index contributed by atoms with van der Waals surface area (Å²) in [5.41, 5.74) is 1.76. The lowest BCUT2D eigenvalue weighted by molar-refractivity contribution is -0.143. The average Bonchev–Trinajstić information content (AvgIpc) is 3.42. The largest absolute Gasteiger partial charge is 0.337 e. The fourth-order valence-electron chi connectivity index (χ4n) is 5.79. The van der Waals surface area contributed by atoms with E-state index in [1.807, 2.05) is 0 Å². The van der Waals surface area contributed by atoms with E-state index in [-0.39, 0.29) is 23.8 Å². The Labute approximate surface area is 203 Å². The molecule has 2 amide bonds. The van der Waals surface area contributed by atoms with Gasteiger partial charge in [-0.05, 0) is 50.9 Å². The van der Waals surface area contributed by atoms with Crippen LogP contribution in [0.4, 0.5) is 5.82 Å². The molecule has 1 aromatic heterocycles. The Kier molecular flexibility index (Phi) is 5.70. The van der Waals surface area contributed by atoms with Crippen molar-refractivity contribution in [1.82, 2.24) is 20.0 Å². The van der Waals surface area contributed by atoms with Crippen LogP contribution < -0.4 is 5.32 Å². The van der Waals surface area contributed by atoms with E-state index >= 15 is 0 Å². The highest BCUT2D eigenvalue weighted by Gasteiger charge is 2.49. The van der Waals surface area contributed by atoms with E-state index in [4.69, 9.17) is 23.2 Å². The molecule has 9 heteroatoms. The van der Waals surface area contributed by atoms with Crippen molar-refractivity contribution < 1.29 is 9.59 Å². The first-order valence-electron chi connectivity index (χ1n) is 11.5. The zero-order valence-corrected chi connectivity index (χ0v) is 20.6. The number of aromatic nitrogens is 2. The van der Waals surface area contributed by atoms with Crippen LogP contribution in [-0.2, 0) is 16.6 Å². The minimum absolute atomic E-state index is 0.197. The van der Waals surface area contributed by atoms with Gasteiger partial charge in [-0.25, -0.2) is 0 Å². The molecule has 3 aliphatic rings. The van der Waals surface area contributed by atoms with Crippen molar-refractivity contribution in [3.63, 3.8) is 0 Å². The number of H-pyrrole nitrogens is 1. The number of fused-ring (bicyclic) bond motifs is 2. The lowest BCUT2D eigenvalue weighted by atomic mass is 9.79. The highest BCUT2D eigenvalue weighted by Crippen LogP contribution is 2.46. The van der Waals surface area contributed by atoms with Crippen molar-refractivity contribution >= 4 is 40.8 Å². The van der Waals surface area contributed by atoms with Gasteiger partial charge in [0.05, 0.1) is 5.92 Å². The molecule has 1 aliphatic carbocycles. The standard InChI is InChI=1S/C24H29Cl2N5O2/c1-13-11-30-6-4-5-17(30)12-31(13)23(33)19-10-18-20(24(19,2)3)28-29-21(18)27-22(32)14-7-15(25)9-16(26)8-14/h7-9,13,17,19H,4-6,10-12H2,1-3H3,(H2,27,28,29,32)/t13-,17-,19?/m0/s1. The van der Waals surface area contributed by atoms with Crippen molar-refractivity contribution in [1.29, 1.82) is 0 Å². The Morgan fingerprint density at radius 3 is 2.64 bits per heavy atom. The second-order valence-electron chi connectivity index (χ2n) is 10.1. The number of anilines is 1. The van der Waals surface area contributed by atoms with Gasteiger partial charge in [0.2, 0.25) is 5.91 Å². The van der Waals surface area contributed by atoms with Crippen LogP contribution in [0.3, 0.4) is 0 Å². The predicted octanol–water partition coefficient (Wildman–Crippen LogP) is 4.11. The van der Waals surface area contributed by atoms with Crippen LogP contribution in [-0.4, -0.2) is 63.5 Å². The maximum Gasteiger partial charge on any atom is 0.256 e. The van der Waals surface area contributed by atoms with Gasteiger partial charge in [0.25, 0.3) is 5.91 Å². The highest BCUT2D eigenvalue weighted by molar-refractivity contribution is 6.35. The first kappa shape index (κ1) is 22.7. The van der Waals surface area contributed by atoms with E-state index in [1.165, 1.54) is 6.42 Å². The number of nitrogens with one attached hydrogen (secondary N) is 2. The number of benzene rings is 1. The summed E-state index contributed by atoms with van der Waals surface area (Å²) >= 11 is 12.1. The van der Waals surface area contributed by atoms with E-state index in [0.29, 0.717) is 33.9 Å². The molecule has 3 heterocycles. The van der Waals surface area contributed by atoms with E-state index in [0.717, 1.165) is 37.3 Å². The summed E-state index contributed by atoms with van der Waals surface area (Å²) in [5, 5.41) is 11.1. The Bertz CT molecular complexity index is 1090. The lowest BCUT2D eigenvalue weighted by Crippen LogP contribution is -2.59. The minimum atomic E-state index is -0.408. The van der Waals surface area contributed by atoms with Crippen molar-refractivity contribution in [3.8, 4) is 0 Å². The average molecular weight is 490 g/mol. The summed E-state index contributed by atoms with van der Waals surface area (Å²) in [5.74, 6) is 0.117. The van der Waals surface area contributed by atoms with Crippen molar-refractivity contribution in [2.75, 3.05) is 25.0 Å². The SMILES string of the molecule is C[C@H]1CN2CCC[C@H]2CN1C(=O)C1Cc2c(NC(=O)c3cc(Cl)cc(Cl)c3)n[nH]c2C1(C)C. The first-order valence-corrected chi connectivity index (χ1v) is 12.3. The second kappa shape index (κ2) is 8.29. The Balaban J connectivity index is 1.36. The molecule has 33 heavy (non-hydrogen) atoms. The summed E-state index contributed by atoms with van der Waals surface area (Å²) in [7, 11) is 0. The number of carbonyl (C=O) groups excluding carboxylic acids is 2. The molecule has 3 atom stereocenters. The molecule has 2 N–H and O–H groups in total. The molecule has 2 saturated heterocycles. The van der Waals surface area contributed by atoms with Crippen LogP contribution >= 0.6 is 23.2 Å². The summed E-state index contributed by atoms with van der Waals surface area (Å²) in [4.78, 5) is 31.2. The fraction of sp³-hybridized carbons (Fsp3) is 0.542. The number of aromatic amines is 1. The molecular weight excluding hydrogens is 461 g/mol. The van der Waals surface area contributed by atoms with Crippen LogP contribution in [0.15, 0.2) is 18.2 Å². The van der Waals surface area contributed by atoms with Gasteiger partial charge < -0.3 is 10.2 Å². The number of carbonyl (C=O) groups is 2. The highest BCUT2D eigenvalue weighted by atomic mass is 35.5. The number of hydrogen-bond donors (Lipinski definition) is 2. The van der Waals surface area contributed by atoms with Gasteiger partial charge in [-0.1, -0.05) is 37.0 Å². The number of rotatable bonds is 3. The molecule has 5 rings (SSSR count). The maximum atomic E-state index is 13.8. The molecule has 0 bridgehead atoms. The van der Waals surface area contributed by atoms with Crippen LogP contribution in [0.2, 0.25) is 10.0 Å². The Morgan fingerprint density at radius 2 is 1.91 bits per heavy atom. The lowest BCUT2D eigenvalue weighted by Gasteiger charge is -2.44. The molecular formula is C24H29Cl2N5O2. The molecule has 0 radical (unpaired) electrons.